The van der Waals surface area contributed by atoms with E-state index in [0.29, 0.717) is 23.4 Å². The van der Waals surface area contributed by atoms with E-state index in [1.54, 1.807) is 25.1 Å². The van der Waals surface area contributed by atoms with E-state index in [4.69, 9.17) is 11.6 Å². The largest absolute Gasteiger partial charge is 0.281 e. The van der Waals surface area contributed by atoms with Crippen molar-refractivity contribution in [3.05, 3.63) is 52.1 Å². The van der Waals surface area contributed by atoms with Crippen LogP contribution in [0, 0.1) is 5.82 Å². The Balaban J connectivity index is 2.46. The van der Waals surface area contributed by atoms with Crippen LogP contribution in [0.25, 0.3) is 11.3 Å². The minimum absolute atomic E-state index is 0.0907. The van der Waals surface area contributed by atoms with E-state index >= 15 is 0 Å². The summed E-state index contributed by atoms with van der Waals surface area (Å²) >= 11 is 5.32. The molecule has 21 heavy (non-hydrogen) atoms. The molecule has 1 aromatic heterocycles. The summed E-state index contributed by atoms with van der Waals surface area (Å²) in [5.41, 5.74) is 1.51. The third-order valence-electron chi connectivity index (χ3n) is 3.08. The molecule has 0 atom stereocenters. The number of carbonyl (C=O) groups excluding carboxylic acids is 1. The second kappa shape index (κ2) is 6.63. The monoisotopic (exact) mass is 308 g/mol. The van der Waals surface area contributed by atoms with Gasteiger partial charge in [0.15, 0.2) is 0 Å². The van der Waals surface area contributed by atoms with Crippen molar-refractivity contribution >= 4 is 16.8 Å². The summed E-state index contributed by atoms with van der Waals surface area (Å²) in [5.74, 6) is -0.337. The van der Waals surface area contributed by atoms with Crippen molar-refractivity contribution < 1.29 is 9.18 Å². The van der Waals surface area contributed by atoms with E-state index in [1.165, 1.54) is 16.8 Å². The molecule has 0 N–H and O–H groups in total. The number of nitrogens with zero attached hydrogens (tertiary/aromatic N) is 2. The van der Waals surface area contributed by atoms with Gasteiger partial charge in [0, 0.05) is 24.1 Å². The van der Waals surface area contributed by atoms with E-state index < -0.39 is 5.24 Å². The fourth-order valence-corrected chi connectivity index (χ4v) is 2.08. The summed E-state index contributed by atoms with van der Waals surface area (Å²) in [6.07, 6.45) is 0.352. The van der Waals surface area contributed by atoms with E-state index in [1.807, 2.05) is 0 Å². The number of halogens is 2. The minimum Gasteiger partial charge on any atom is -0.281 e. The van der Waals surface area contributed by atoms with Crippen LogP contribution in [0.15, 0.2) is 35.1 Å². The highest BCUT2D eigenvalue weighted by Gasteiger charge is 2.10. The van der Waals surface area contributed by atoms with Gasteiger partial charge in [-0.1, -0.05) is 0 Å². The van der Waals surface area contributed by atoms with Gasteiger partial charge in [0.25, 0.3) is 5.56 Å². The van der Waals surface area contributed by atoms with Crippen LogP contribution < -0.4 is 5.56 Å². The average Bonchev–Trinajstić information content (AvgIpc) is 2.47. The number of hydrogen-bond acceptors (Lipinski definition) is 3. The van der Waals surface area contributed by atoms with Crippen molar-refractivity contribution in [2.45, 2.75) is 26.3 Å². The maximum atomic E-state index is 13.0. The van der Waals surface area contributed by atoms with Gasteiger partial charge < -0.3 is 0 Å². The quantitative estimate of drug-likeness (QED) is 0.798. The molecule has 2 aromatic rings. The molecule has 0 spiro atoms. The lowest BCUT2D eigenvalue weighted by Gasteiger charge is -2.09. The molecule has 6 heteroatoms. The van der Waals surface area contributed by atoms with Crippen molar-refractivity contribution in [3.63, 3.8) is 0 Å². The van der Waals surface area contributed by atoms with Gasteiger partial charge in [-0.25, -0.2) is 9.07 Å². The molecule has 110 valence electrons. The topological polar surface area (TPSA) is 52.0 Å². The van der Waals surface area contributed by atoms with Crippen molar-refractivity contribution in [2.24, 2.45) is 0 Å². The van der Waals surface area contributed by atoms with Crippen molar-refractivity contribution in [3.8, 4) is 11.3 Å². The second-order valence-corrected chi connectivity index (χ2v) is 4.96. The Labute approximate surface area is 126 Å². The van der Waals surface area contributed by atoms with E-state index in [-0.39, 0.29) is 24.2 Å². The minimum atomic E-state index is -0.488. The molecular weight excluding hydrogens is 295 g/mol. The van der Waals surface area contributed by atoms with Crippen LogP contribution in [0.1, 0.15) is 18.9 Å². The molecule has 0 saturated heterocycles. The van der Waals surface area contributed by atoms with Crippen LogP contribution in [0.3, 0.4) is 0 Å². The number of rotatable bonds is 5. The highest BCUT2D eigenvalue weighted by molar-refractivity contribution is 6.63. The molecule has 0 unspecified atom stereocenters. The second-order valence-electron chi connectivity index (χ2n) is 4.54. The van der Waals surface area contributed by atoms with Gasteiger partial charge in [-0.05, 0) is 55.3 Å². The smallest absolute Gasteiger partial charge is 0.269 e. The molecule has 0 bridgehead atoms. The SMILES string of the molecule is CCn1nc(-c2ccc(F)cc2)cc(CCC(=O)Cl)c1=O. The van der Waals surface area contributed by atoms with Crippen LogP contribution in [0.2, 0.25) is 0 Å². The standard InChI is InChI=1S/C15H14ClFN2O2/c1-2-19-15(21)11(5-8-14(16)20)9-13(18-19)10-3-6-12(17)7-4-10/h3-4,6-7,9H,2,5,8H2,1H3. The first-order valence-electron chi connectivity index (χ1n) is 6.56. The number of hydrogen-bond donors (Lipinski definition) is 0. The maximum Gasteiger partial charge on any atom is 0.269 e. The third-order valence-corrected chi connectivity index (χ3v) is 3.27. The number of benzene rings is 1. The van der Waals surface area contributed by atoms with Gasteiger partial charge in [0.1, 0.15) is 5.82 Å². The molecule has 0 saturated carbocycles. The Morgan fingerprint density at radius 2 is 2.00 bits per heavy atom. The Hall–Kier alpha value is -2.01. The Bertz CT molecular complexity index is 711. The summed E-state index contributed by atoms with van der Waals surface area (Å²) in [4.78, 5) is 23.0. The van der Waals surface area contributed by atoms with Crippen LogP contribution >= 0.6 is 11.6 Å². The fourth-order valence-electron chi connectivity index (χ4n) is 1.98. The van der Waals surface area contributed by atoms with Gasteiger partial charge in [0.2, 0.25) is 5.24 Å². The zero-order valence-electron chi connectivity index (χ0n) is 11.5. The summed E-state index contributed by atoms with van der Waals surface area (Å²) in [7, 11) is 0. The molecule has 0 radical (unpaired) electrons. The van der Waals surface area contributed by atoms with Crippen LogP contribution in [0.4, 0.5) is 4.39 Å². The van der Waals surface area contributed by atoms with Gasteiger partial charge in [0.05, 0.1) is 5.69 Å². The first-order valence-corrected chi connectivity index (χ1v) is 6.94. The molecule has 0 fully saturated rings. The fraction of sp³-hybridized carbons (Fsp3) is 0.267. The van der Waals surface area contributed by atoms with E-state index in [0.717, 1.165) is 0 Å². The molecule has 1 heterocycles. The summed E-state index contributed by atoms with van der Waals surface area (Å²) in [5, 5.41) is 3.75. The zero-order valence-corrected chi connectivity index (χ0v) is 12.2. The summed E-state index contributed by atoms with van der Waals surface area (Å²) in [6.45, 7) is 2.22. The zero-order chi connectivity index (χ0) is 15.4. The first-order chi connectivity index (χ1) is 10.0. The van der Waals surface area contributed by atoms with Crippen molar-refractivity contribution in [2.75, 3.05) is 0 Å². The van der Waals surface area contributed by atoms with E-state index in [2.05, 4.69) is 5.10 Å². The molecule has 4 nitrogen and oxygen atoms in total. The summed E-state index contributed by atoms with van der Waals surface area (Å²) in [6, 6.07) is 7.49. The van der Waals surface area contributed by atoms with Crippen molar-refractivity contribution in [1.82, 2.24) is 9.78 Å². The lowest BCUT2D eigenvalue weighted by Crippen LogP contribution is -2.26. The van der Waals surface area contributed by atoms with Gasteiger partial charge >= 0.3 is 0 Å². The number of aryl methyl sites for hydroxylation is 2. The van der Waals surface area contributed by atoms with Gasteiger partial charge in [-0.15, -0.1) is 0 Å². The lowest BCUT2D eigenvalue weighted by molar-refractivity contribution is -0.111. The average molecular weight is 309 g/mol. The molecule has 2 rings (SSSR count). The molecular formula is C15H14ClFN2O2. The first kappa shape index (κ1) is 15.4. The number of aromatic nitrogens is 2. The number of carbonyl (C=O) groups is 1. The Morgan fingerprint density at radius 1 is 1.33 bits per heavy atom. The van der Waals surface area contributed by atoms with Crippen molar-refractivity contribution in [1.29, 1.82) is 0 Å². The van der Waals surface area contributed by atoms with Gasteiger partial charge in [-0.3, -0.25) is 9.59 Å². The predicted octanol–water partition coefficient (Wildman–Crippen LogP) is 2.77. The molecule has 0 amide bonds. The maximum absolute atomic E-state index is 13.0. The highest BCUT2D eigenvalue weighted by atomic mass is 35.5. The van der Waals surface area contributed by atoms with Crippen LogP contribution in [-0.2, 0) is 17.8 Å². The molecule has 1 aromatic carbocycles. The third kappa shape index (κ3) is 3.76. The summed E-state index contributed by atoms with van der Waals surface area (Å²) < 4.78 is 14.3. The predicted molar refractivity (Wildman–Crippen MR) is 78.7 cm³/mol. The molecule has 0 aliphatic rings. The molecule has 0 aliphatic heterocycles. The Morgan fingerprint density at radius 3 is 2.57 bits per heavy atom. The Kier molecular flexibility index (Phi) is 4.85. The van der Waals surface area contributed by atoms with Crippen LogP contribution in [-0.4, -0.2) is 15.0 Å². The van der Waals surface area contributed by atoms with Gasteiger partial charge in [-0.2, -0.15) is 5.10 Å². The highest BCUT2D eigenvalue weighted by Crippen LogP contribution is 2.17. The molecule has 0 aliphatic carbocycles. The van der Waals surface area contributed by atoms with Crippen LogP contribution in [0.5, 0.6) is 0 Å². The van der Waals surface area contributed by atoms with E-state index in [9.17, 15) is 14.0 Å². The lowest BCUT2D eigenvalue weighted by atomic mass is 10.1. The normalized spacial score (nSPS) is 10.6.